The summed E-state index contributed by atoms with van der Waals surface area (Å²) in [6, 6.07) is 17.8. The lowest BCUT2D eigenvalue weighted by atomic mass is 10.1. The van der Waals surface area contributed by atoms with Crippen LogP contribution in [0.1, 0.15) is 38.3 Å². The molecule has 0 aromatic heterocycles. The number of carbonyl (C=O) groups excluding carboxylic acids is 2. The van der Waals surface area contributed by atoms with E-state index in [4.69, 9.17) is 11.6 Å². The quantitative estimate of drug-likeness (QED) is 0.300. The van der Waals surface area contributed by atoms with E-state index in [-0.39, 0.29) is 34.0 Å². The number of nitrogens with one attached hydrogen (secondary N) is 1. The highest BCUT2D eigenvalue weighted by atomic mass is 35.5. The number of benzene rings is 3. The number of aryl methyl sites for hydroxylation is 1. The molecule has 3 rings (SSSR count). The minimum atomic E-state index is -4.26. The van der Waals surface area contributed by atoms with Crippen LogP contribution in [0.2, 0.25) is 5.02 Å². The van der Waals surface area contributed by atoms with Gasteiger partial charge in [-0.1, -0.05) is 74.8 Å². The van der Waals surface area contributed by atoms with Crippen LogP contribution in [0.3, 0.4) is 0 Å². The number of hydrogen-bond donors (Lipinski definition) is 1. The van der Waals surface area contributed by atoms with E-state index in [1.54, 1.807) is 25.1 Å². The molecule has 3 aromatic carbocycles. The topological polar surface area (TPSA) is 86.8 Å². The Labute approximate surface area is 241 Å². The van der Waals surface area contributed by atoms with Crippen LogP contribution in [0.4, 0.5) is 10.1 Å². The van der Waals surface area contributed by atoms with Gasteiger partial charge in [0.2, 0.25) is 11.8 Å². The molecule has 0 saturated heterocycles. The van der Waals surface area contributed by atoms with Gasteiger partial charge in [-0.05, 0) is 60.7 Å². The van der Waals surface area contributed by atoms with Crippen LogP contribution in [-0.2, 0) is 26.2 Å². The molecule has 0 unspecified atom stereocenters. The van der Waals surface area contributed by atoms with E-state index in [9.17, 15) is 22.4 Å². The molecule has 2 amide bonds. The summed E-state index contributed by atoms with van der Waals surface area (Å²) in [6.07, 6.45) is 0.315. The molecule has 0 heterocycles. The first kappa shape index (κ1) is 31.1. The average Bonchev–Trinajstić information content (AvgIpc) is 2.93. The highest BCUT2D eigenvalue weighted by Gasteiger charge is 2.34. The fraction of sp³-hybridized carbons (Fsp3) is 0.333. The molecule has 10 heteroatoms. The van der Waals surface area contributed by atoms with E-state index < -0.39 is 34.3 Å². The van der Waals surface area contributed by atoms with Crippen molar-refractivity contribution < 1.29 is 22.4 Å². The highest BCUT2D eigenvalue weighted by molar-refractivity contribution is 7.92. The molecule has 0 aliphatic heterocycles. The maximum absolute atomic E-state index is 14.0. The highest BCUT2D eigenvalue weighted by Crippen LogP contribution is 2.28. The second-order valence-corrected chi connectivity index (χ2v) is 12.2. The third-order valence-corrected chi connectivity index (χ3v) is 8.55. The fourth-order valence-electron chi connectivity index (χ4n) is 4.20. The molecule has 0 bridgehead atoms. The summed E-state index contributed by atoms with van der Waals surface area (Å²) < 4.78 is 42.5. The van der Waals surface area contributed by atoms with Crippen molar-refractivity contribution in [1.82, 2.24) is 10.2 Å². The SMILES string of the molecule is CC[C@H](C(=O)NCC(C)C)N(Cc1ccccc1C)C(=O)CN(c1ccc(F)c(Cl)c1)S(=O)(=O)c1ccccc1. The van der Waals surface area contributed by atoms with Gasteiger partial charge in [0, 0.05) is 13.1 Å². The molecule has 3 aromatic rings. The number of hydrogen-bond acceptors (Lipinski definition) is 4. The summed E-state index contributed by atoms with van der Waals surface area (Å²) in [4.78, 5) is 28.7. The maximum Gasteiger partial charge on any atom is 0.264 e. The van der Waals surface area contributed by atoms with Crippen LogP contribution in [0.5, 0.6) is 0 Å². The van der Waals surface area contributed by atoms with Gasteiger partial charge < -0.3 is 10.2 Å². The van der Waals surface area contributed by atoms with Crippen molar-refractivity contribution >= 4 is 39.1 Å². The zero-order chi connectivity index (χ0) is 29.4. The number of amides is 2. The molecule has 40 heavy (non-hydrogen) atoms. The van der Waals surface area contributed by atoms with Crippen molar-refractivity contribution in [2.75, 3.05) is 17.4 Å². The Morgan fingerprint density at radius 2 is 1.65 bits per heavy atom. The maximum atomic E-state index is 14.0. The fourth-order valence-corrected chi connectivity index (χ4v) is 5.80. The Hall–Kier alpha value is -3.43. The van der Waals surface area contributed by atoms with Gasteiger partial charge in [0.15, 0.2) is 0 Å². The molecule has 0 aliphatic rings. The summed E-state index contributed by atoms with van der Waals surface area (Å²) >= 11 is 6.01. The minimum Gasteiger partial charge on any atom is -0.354 e. The molecule has 214 valence electrons. The standard InChI is InChI=1S/C30H35ClFN3O4S/c1-5-28(30(37)33-18-21(2)3)34(19-23-12-10-9-11-22(23)4)29(36)20-35(24-15-16-27(32)26(31)17-24)40(38,39)25-13-7-6-8-14-25/h6-17,21,28H,5,18-20H2,1-4H3,(H,33,37)/t28-/m1/s1. The van der Waals surface area contributed by atoms with Crippen molar-refractivity contribution in [2.45, 2.75) is 51.6 Å². The Bertz CT molecular complexity index is 1430. The molecule has 0 spiro atoms. The molecule has 1 N–H and O–H groups in total. The lowest BCUT2D eigenvalue weighted by molar-refractivity contribution is -0.140. The van der Waals surface area contributed by atoms with E-state index in [0.717, 1.165) is 21.5 Å². The zero-order valence-electron chi connectivity index (χ0n) is 23.1. The van der Waals surface area contributed by atoms with E-state index in [1.807, 2.05) is 45.0 Å². The smallest absolute Gasteiger partial charge is 0.264 e. The average molecular weight is 588 g/mol. The van der Waals surface area contributed by atoms with Gasteiger partial charge in [-0.2, -0.15) is 0 Å². The summed E-state index contributed by atoms with van der Waals surface area (Å²) in [6.45, 7) is 7.56. The van der Waals surface area contributed by atoms with E-state index >= 15 is 0 Å². The lowest BCUT2D eigenvalue weighted by Gasteiger charge is -2.33. The lowest BCUT2D eigenvalue weighted by Crippen LogP contribution is -2.52. The second kappa shape index (κ2) is 13.8. The van der Waals surface area contributed by atoms with E-state index in [0.29, 0.717) is 13.0 Å². The number of nitrogens with zero attached hydrogens (tertiary/aromatic N) is 2. The first-order valence-corrected chi connectivity index (χ1v) is 14.9. The van der Waals surface area contributed by atoms with Gasteiger partial charge in [0.05, 0.1) is 15.6 Å². The molecule has 1 atom stereocenters. The first-order chi connectivity index (χ1) is 18.9. The number of rotatable bonds is 12. The predicted octanol–water partition coefficient (Wildman–Crippen LogP) is 5.56. The largest absolute Gasteiger partial charge is 0.354 e. The molecule has 0 saturated carbocycles. The third kappa shape index (κ3) is 7.61. The monoisotopic (exact) mass is 587 g/mol. The summed E-state index contributed by atoms with van der Waals surface area (Å²) in [5, 5.41) is 2.62. The second-order valence-electron chi connectivity index (χ2n) is 9.93. The number of carbonyl (C=O) groups is 2. The molecular formula is C30H35ClFN3O4S. The van der Waals surface area contributed by atoms with Crippen molar-refractivity contribution in [2.24, 2.45) is 5.92 Å². The van der Waals surface area contributed by atoms with Crippen molar-refractivity contribution in [3.8, 4) is 0 Å². The van der Waals surface area contributed by atoms with Crippen molar-refractivity contribution in [3.05, 3.63) is 94.8 Å². The van der Waals surface area contributed by atoms with Gasteiger partial charge in [-0.25, -0.2) is 12.8 Å². The van der Waals surface area contributed by atoms with Gasteiger partial charge in [0.1, 0.15) is 18.4 Å². The molecular weight excluding hydrogens is 553 g/mol. The van der Waals surface area contributed by atoms with Gasteiger partial charge >= 0.3 is 0 Å². The Kier molecular flexibility index (Phi) is 10.7. The van der Waals surface area contributed by atoms with Crippen LogP contribution in [-0.4, -0.2) is 44.3 Å². The normalized spacial score (nSPS) is 12.2. The van der Waals surface area contributed by atoms with E-state index in [1.165, 1.54) is 29.2 Å². The van der Waals surface area contributed by atoms with Gasteiger partial charge in [-0.3, -0.25) is 13.9 Å². The molecule has 0 radical (unpaired) electrons. The van der Waals surface area contributed by atoms with Crippen LogP contribution in [0, 0.1) is 18.7 Å². The van der Waals surface area contributed by atoms with E-state index in [2.05, 4.69) is 5.32 Å². The Morgan fingerprint density at radius 3 is 2.25 bits per heavy atom. The zero-order valence-corrected chi connectivity index (χ0v) is 24.7. The third-order valence-electron chi connectivity index (χ3n) is 6.47. The Morgan fingerprint density at radius 1 is 1.00 bits per heavy atom. The van der Waals surface area contributed by atoms with Crippen molar-refractivity contribution in [1.29, 1.82) is 0 Å². The van der Waals surface area contributed by atoms with Gasteiger partial charge in [-0.15, -0.1) is 0 Å². The molecule has 7 nitrogen and oxygen atoms in total. The van der Waals surface area contributed by atoms with Crippen LogP contribution in [0.15, 0.2) is 77.7 Å². The first-order valence-electron chi connectivity index (χ1n) is 13.1. The summed E-state index contributed by atoms with van der Waals surface area (Å²) in [7, 11) is -4.26. The minimum absolute atomic E-state index is 0.0248. The van der Waals surface area contributed by atoms with Crippen molar-refractivity contribution in [3.63, 3.8) is 0 Å². The summed E-state index contributed by atoms with van der Waals surface area (Å²) in [5.41, 5.74) is 1.78. The predicted molar refractivity (Wildman–Crippen MR) is 156 cm³/mol. The number of halogens is 2. The van der Waals surface area contributed by atoms with Crippen LogP contribution in [0.25, 0.3) is 0 Å². The van der Waals surface area contributed by atoms with Gasteiger partial charge in [0.25, 0.3) is 10.0 Å². The van der Waals surface area contributed by atoms with Crippen LogP contribution >= 0.6 is 11.6 Å². The molecule has 0 aliphatic carbocycles. The number of anilines is 1. The molecule has 0 fully saturated rings. The Balaban J connectivity index is 2.07. The number of sulfonamides is 1. The summed E-state index contributed by atoms with van der Waals surface area (Å²) in [5.74, 6) is -1.42. The van der Waals surface area contributed by atoms with Crippen LogP contribution < -0.4 is 9.62 Å².